The van der Waals surface area contributed by atoms with Crippen LogP contribution in [0.25, 0.3) is 11.0 Å². The lowest BCUT2D eigenvalue weighted by atomic mass is 10.1. The number of nitrogens with one attached hydrogen (secondary N) is 2. The zero-order chi connectivity index (χ0) is 21.8. The standard InChI is InChI=1S/C19H18ClF2N5O3/c1-9-6-11(7-24-17(9)30-18(21)22)25-19(28)26-13-8-23-12-4-5-14(20)27-16(12)15(13)10(2)29-3/h4-8,10,18H,1-3H3,(H2,25,26,28). The average Bonchev–Trinajstić information content (AvgIpc) is 2.69. The van der Waals surface area contributed by atoms with Gasteiger partial charge in [-0.15, -0.1) is 0 Å². The van der Waals surface area contributed by atoms with Crippen molar-refractivity contribution in [1.29, 1.82) is 0 Å². The Labute approximate surface area is 175 Å². The molecular formula is C19H18ClF2N5O3. The number of carbonyl (C=O) groups is 1. The molecule has 0 spiro atoms. The van der Waals surface area contributed by atoms with E-state index in [0.29, 0.717) is 33.5 Å². The molecule has 0 radical (unpaired) electrons. The smallest absolute Gasteiger partial charge is 0.388 e. The Hall–Kier alpha value is -3.11. The quantitative estimate of drug-likeness (QED) is 0.530. The molecule has 1 atom stereocenters. The number of pyridine rings is 3. The topological polar surface area (TPSA) is 98.3 Å². The Kier molecular flexibility index (Phi) is 6.58. The highest BCUT2D eigenvalue weighted by Gasteiger charge is 2.19. The van der Waals surface area contributed by atoms with Gasteiger partial charge in [0, 0.05) is 18.2 Å². The number of anilines is 2. The minimum Gasteiger partial charge on any atom is -0.417 e. The van der Waals surface area contributed by atoms with Gasteiger partial charge in [0.25, 0.3) is 0 Å². The van der Waals surface area contributed by atoms with Crippen molar-refractivity contribution in [3.8, 4) is 5.88 Å². The van der Waals surface area contributed by atoms with E-state index in [1.165, 1.54) is 32.5 Å². The van der Waals surface area contributed by atoms with Gasteiger partial charge in [-0.2, -0.15) is 8.78 Å². The second-order valence-corrected chi connectivity index (χ2v) is 6.66. The van der Waals surface area contributed by atoms with Gasteiger partial charge in [0.1, 0.15) is 5.15 Å². The summed E-state index contributed by atoms with van der Waals surface area (Å²) in [5, 5.41) is 5.56. The number of nitrogens with zero attached hydrogens (tertiary/aromatic N) is 3. The molecule has 3 aromatic heterocycles. The van der Waals surface area contributed by atoms with Crippen molar-refractivity contribution in [2.45, 2.75) is 26.6 Å². The highest BCUT2D eigenvalue weighted by molar-refractivity contribution is 6.29. The lowest BCUT2D eigenvalue weighted by Crippen LogP contribution is -2.21. The molecule has 0 aliphatic carbocycles. The molecule has 0 aromatic carbocycles. The first-order chi connectivity index (χ1) is 14.3. The first-order valence-electron chi connectivity index (χ1n) is 8.76. The fourth-order valence-corrected chi connectivity index (χ4v) is 2.96. The molecule has 0 aliphatic heterocycles. The number of hydrogen-bond donors (Lipinski definition) is 2. The third-order valence-corrected chi connectivity index (χ3v) is 4.43. The van der Waals surface area contributed by atoms with Crippen LogP contribution in [-0.2, 0) is 4.74 Å². The third kappa shape index (κ3) is 4.89. The minimum atomic E-state index is -2.98. The van der Waals surface area contributed by atoms with E-state index in [1.54, 1.807) is 19.1 Å². The van der Waals surface area contributed by atoms with E-state index in [4.69, 9.17) is 16.3 Å². The van der Waals surface area contributed by atoms with E-state index in [2.05, 4.69) is 30.3 Å². The predicted molar refractivity (Wildman–Crippen MR) is 108 cm³/mol. The largest absolute Gasteiger partial charge is 0.417 e. The lowest BCUT2D eigenvalue weighted by Gasteiger charge is -2.18. The molecule has 158 valence electrons. The van der Waals surface area contributed by atoms with E-state index >= 15 is 0 Å². The van der Waals surface area contributed by atoms with E-state index < -0.39 is 18.7 Å². The molecule has 0 fully saturated rings. The normalized spacial score (nSPS) is 12.1. The van der Waals surface area contributed by atoms with Crippen molar-refractivity contribution in [3.05, 3.63) is 46.9 Å². The molecule has 1 unspecified atom stereocenters. The Morgan fingerprint density at radius 3 is 2.63 bits per heavy atom. The number of urea groups is 1. The van der Waals surface area contributed by atoms with Gasteiger partial charge in [0.2, 0.25) is 5.88 Å². The number of rotatable bonds is 6. The summed E-state index contributed by atoms with van der Waals surface area (Å²) in [5.74, 6) is -0.214. The monoisotopic (exact) mass is 437 g/mol. The van der Waals surface area contributed by atoms with Gasteiger partial charge in [-0.05, 0) is 32.0 Å². The number of halogens is 3. The van der Waals surface area contributed by atoms with E-state index in [9.17, 15) is 13.6 Å². The number of ether oxygens (including phenoxy) is 2. The van der Waals surface area contributed by atoms with Crippen LogP contribution in [-0.4, -0.2) is 34.7 Å². The fraction of sp³-hybridized carbons (Fsp3) is 0.263. The SMILES string of the molecule is COC(C)c1c(NC(=O)Nc2cnc(OC(F)F)c(C)c2)cnc2ccc(Cl)nc12. The number of alkyl halides is 2. The van der Waals surface area contributed by atoms with Crippen LogP contribution in [0.2, 0.25) is 5.15 Å². The molecule has 0 bridgehead atoms. The number of aryl methyl sites for hydroxylation is 1. The van der Waals surface area contributed by atoms with Crippen molar-refractivity contribution in [2.24, 2.45) is 0 Å². The Morgan fingerprint density at radius 2 is 1.97 bits per heavy atom. The summed E-state index contributed by atoms with van der Waals surface area (Å²) in [6, 6.07) is 4.21. The second kappa shape index (κ2) is 9.14. The van der Waals surface area contributed by atoms with Crippen LogP contribution in [0.5, 0.6) is 5.88 Å². The van der Waals surface area contributed by atoms with Crippen molar-refractivity contribution in [3.63, 3.8) is 0 Å². The first kappa shape index (κ1) is 21.6. The molecule has 3 rings (SSSR count). The summed E-state index contributed by atoms with van der Waals surface area (Å²) in [6.45, 7) is 0.353. The van der Waals surface area contributed by atoms with Crippen LogP contribution in [0, 0.1) is 6.92 Å². The van der Waals surface area contributed by atoms with E-state index in [-0.39, 0.29) is 11.0 Å². The van der Waals surface area contributed by atoms with Crippen LogP contribution >= 0.6 is 11.6 Å². The van der Waals surface area contributed by atoms with Gasteiger partial charge in [-0.3, -0.25) is 4.98 Å². The number of fused-ring (bicyclic) bond motifs is 1. The van der Waals surface area contributed by atoms with Crippen LogP contribution in [0.1, 0.15) is 24.2 Å². The molecule has 3 aromatic rings. The van der Waals surface area contributed by atoms with E-state index in [1.807, 2.05) is 0 Å². The number of amides is 2. The Bertz CT molecular complexity index is 1080. The van der Waals surface area contributed by atoms with Crippen molar-refractivity contribution in [2.75, 3.05) is 17.7 Å². The number of methoxy groups -OCH3 is 1. The molecular weight excluding hydrogens is 420 g/mol. The molecule has 0 saturated heterocycles. The maximum Gasteiger partial charge on any atom is 0.388 e. The molecule has 8 nitrogen and oxygen atoms in total. The summed E-state index contributed by atoms with van der Waals surface area (Å²) < 4.78 is 34.4. The highest BCUT2D eigenvalue weighted by Crippen LogP contribution is 2.31. The maximum atomic E-state index is 12.5. The van der Waals surface area contributed by atoms with Crippen molar-refractivity contribution in [1.82, 2.24) is 15.0 Å². The van der Waals surface area contributed by atoms with Crippen molar-refractivity contribution >= 4 is 40.0 Å². The Balaban J connectivity index is 1.85. The summed E-state index contributed by atoms with van der Waals surface area (Å²) in [7, 11) is 1.53. The van der Waals surface area contributed by atoms with Gasteiger partial charge in [-0.1, -0.05) is 11.6 Å². The van der Waals surface area contributed by atoms with Crippen LogP contribution < -0.4 is 15.4 Å². The van der Waals surface area contributed by atoms with Gasteiger partial charge in [0.15, 0.2) is 0 Å². The van der Waals surface area contributed by atoms with E-state index in [0.717, 1.165) is 0 Å². The molecule has 0 saturated carbocycles. The number of carbonyl (C=O) groups excluding carboxylic acids is 1. The predicted octanol–water partition coefficient (Wildman–Crippen LogP) is 4.94. The molecule has 3 heterocycles. The Morgan fingerprint density at radius 1 is 1.20 bits per heavy atom. The highest BCUT2D eigenvalue weighted by atomic mass is 35.5. The van der Waals surface area contributed by atoms with Gasteiger partial charge in [-0.25, -0.2) is 14.8 Å². The number of hydrogen-bond acceptors (Lipinski definition) is 6. The summed E-state index contributed by atoms with van der Waals surface area (Å²) in [4.78, 5) is 24.9. The van der Waals surface area contributed by atoms with Gasteiger partial charge in [0.05, 0.1) is 40.9 Å². The first-order valence-corrected chi connectivity index (χ1v) is 9.13. The van der Waals surface area contributed by atoms with Gasteiger partial charge < -0.3 is 20.1 Å². The van der Waals surface area contributed by atoms with Crippen molar-refractivity contribution < 1.29 is 23.0 Å². The third-order valence-electron chi connectivity index (χ3n) is 4.22. The number of aromatic nitrogens is 3. The summed E-state index contributed by atoms with van der Waals surface area (Å²) >= 11 is 6.02. The summed E-state index contributed by atoms with van der Waals surface area (Å²) in [6.07, 6.45) is 2.29. The van der Waals surface area contributed by atoms with Crippen LogP contribution in [0.4, 0.5) is 25.0 Å². The molecule has 0 aliphatic rings. The maximum absolute atomic E-state index is 12.5. The minimum absolute atomic E-state index is 0.214. The zero-order valence-electron chi connectivity index (χ0n) is 16.2. The average molecular weight is 438 g/mol. The lowest BCUT2D eigenvalue weighted by molar-refractivity contribution is -0.0533. The molecule has 2 N–H and O–H groups in total. The molecule has 2 amide bonds. The molecule has 11 heteroatoms. The van der Waals surface area contributed by atoms with Crippen LogP contribution in [0.3, 0.4) is 0 Å². The zero-order valence-corrected chi connectivity index (χ0v) is 17.0. The summed E-state index contributed by atoms with van der Waals surface area (Å²) in [5.41, 5.74) is 2.72. The fourth-order valence-electron chi connectivity index (χ4n) is 2.81. The molecule has 30 heavy (non-hydrogen) atoms. The van der Waals surface area contributed by atoms with Crippen LogP contribution in [0.15, 0.2) is 30.6 Å². The second-order valence-electron chi connectivity index (χ2n) is 6.27. The van der Waals surface area contributed by atoms with Gasteiger partial charge >= 0.3 is 12.6 Å².